The summed E-state index contributed by atoms with van der Waals surface area (Å²) in [7, 11) is 0. The molecule has 4 heteroatoms. The Morgan fingerprint density at radius 3 is 2.67 bits per heavy atom. The van der Waals surface area contributed by atoms with Gasteiger partial charge >= 0.3 is 0 Å². The van der Waals surface area contributed by atoms with Crippen LogP contribution >= 0.6 is 0 Å². The predicted octanol–water partition coefficient (Wildman–Crippen LogP) is 0.119. The summed E-state index contributed by atoms with van der Waals surface area (Å²) in [6.07, 6.45) is 4.14. The second-order valence-electron chi connectivity index (χ2n) is 4.58. The van der Waals surface area contributed by atoms with E-state index in [2.05, 4.69) is 5.32 Å². The molecule has 2 aliphatic rings. The minimum absolute atomic E-state index is 0.298. The van der Waals surface area contributed by atoms with Gasteiger partial charge in [-0.25, -0.2) is 0 Å². The first-order valence-corrected chi connectivity index (χ1v) is 6.02. The van der Waals surface area contributed by atoms with Crippen molar-refractivity contribution in [1.82, 2.24) is 5.32 Å². The van der Waals surface area contributed by atoms with Crippen molar-refractivity contribution in [3.8, 4) is 0 Å². The predicted molar refractivity (Wildman–Crippen MR) is 58.7 cm³/mol. The summed E-state index contributed by atoms with van der Waals surface area (Å²) in [6, 6.07) is 0. The Labute approximate surface area is 91.5 Å². The molecule has 3 atom stereocenters. The van der Waals surface area contributed by atoms with Crippen LogP contribution in [0.5, 0.6) is 0 Å². The highest BCUT2D eigenvalue weighted by Crippen LogP contribution is 2.18. The average Bonchev–Trinajstić information content (AvgIpc) is 2.88. The highest BCUT2D eigenvalue weighted by molar-refractivity contribution is 4.76. The van der Waals surface area contributed by atoms with Crippen LogP contribution in [0.3, 0.4) is 0 Å². The van der Waals surface area contributed by atoms with Crippen molar-refractivity contribution in [2.45, 2.75) is 31.5 Å². The average molecular weight is 214 g/mol. The lowest BCUT2D eigenvalue weighted by Crippen LogP contribution is -2.32. The fourth-order valence-electron chi connectivity index (χ4n) is 2.30. The summed E-state index contributed by atoms with van der Waals surface area (Å²) in [5.74, 6) is 0.705. The van der Waals surface area contributed by atoms with Gasteiger partial charge in [0, 0.05) is 26.2 Å². The fraction of sp³-hybridized carbons (Fsp3) is 1.00. The normalized spacial score (nSPS) is 36.2. The summed E-state index contributed by atoms with van der Waals surface area (Å²) in [5, 5.41) is 3.47. The van der Waals surface area contributed by atoms with E-state index in [9.17, 15) is 0 Å². The topological polar surface area (TPSA) is 56.5 Å². The second kappa shape index (κ2) is 5.80. The van der Waals surface area contributed by atoms with E-state index in [0.717, 1.165) is 39.1 Å². The van der Waals surface area contributed by atoms with Crippen LogP contribution in [0, 0.1) is 5.92 Å². The van der Waals surface area contributed by atoms with Gasteiger partial charge in [-0.2, -0.15) is 0 Å². The van der Waals surface area contributed by atoms with Crippen molar-refractivity contribution in [2.75, 3.05) is 32.8 Å². The summed E-state index contributed by atoms with van der Waals surface area (Å²) in [6.45, 7) is 4.54. The van der Waals surface area contributed by atoms with Crippen LogP contribution in [0.25, 0.3) is 0 Å². The van der Waals surface area contributed by atoms with E-state index in [4.69, 9.17) is 15.2 Å². The summed E-state index contributed by atoms with van der Waals surface area (Å²) in [5.41, 5.74) is 5.56. The Balaban J connectivity index is 1.54. The minimum Gasteiger partial charge on any atom is -0.381 e. The van der Waals surface area contributed by atoms with Crippen molar-refractivity contribution in [3.05, 3.63) is 0 Å². The molecule has 0 aromatic carbocycles. The third kappa shape index (κ3) is 3.41. The van der Waals surface area contributed by atoms with Gasteiger partial charge in [0.15, 0.2) is 0 Å². The van der Waals surface area contributed by atoms with Crippen molar-refractivity contribution in [1.29, 1.82) is 0 Å². The molecule has 2 fully saturated rings. The molecule has 0 aromatic heterocycles. The molecule has 0 aromatic rings. The van der Waals surface area contributed by atoms with E-state index in [1.807, 2.05) is 0 Å². The lowest BCUT2D eigenvalue weighted by Gasteiger charge is -2.14. The van der Waals surface area contributed by atoms with Crippen LogP contribution in [-0.2, 0) is 9.47 Å². The maximum atomic E-state index is 5.76. The molecule has 2 saturated heterocycles. The third-order valence-corrected chi connectivity index (χ3v) is 3.29. The summed E-state index contributed by atoms with van der Waals surface area (Å²) >= 11 is 0. The quantitative estimate of drug-likeness (QED) is 0.682. The zero-order valence-electron chi connectivity index (χ0n) is 9.28. The van der Waals surface area contributed by atoms with E-state index in [0.29, 0.717) is 24.7 Å². The van der Waals surface area contributed by atoms with E-state index < -0.39 is 0 Å². The Morgan fingerprint density at radius 2 is 2.00 bits per heavy atom. The molecule has 88 valence electrons. The van der Waals surface area contributed by atoms with E-state index >= 15 is 0 Å². The van der Waals surface area contributed by atoms with Crippen LogP contribution in [0.15, 0.2) is 0 Å². The molecule has 15 heavy (non-hydrogen) atoms. The molecule has 4 nitrogen and oxygen atoms in total. The van der Waals surface area contributed by atoms with Crippen molar-refractivity contribution >= 4 is 0 Å². The van der Waals surface area contributed by atoms with Crippen LogP contribution in [0.1, 0.15) is 19.3 Å². The van der Waals surface area contributed by atoms with Crippen LogP contribution in [0.2, 0.25) is 0 Å². The largest absolute Gasteiger partial charge is 0.381 e. The minimum atomic E-state index is 0.298. The zero-order valence-corrected chi connectivity index (χ0v) is 9.28. The fourth-order valence-corrected chi connectivity index (χ4v) is 2.30. The molecule has 0 amide bonds. The second-order valence-corrected chi connectivity index (χ2v) is 4.58. The van der Waals surface area contributed by atoms with Crippen LogP contribution < -0.4 is 11.1 Å². The van der Waals surface area contributed by atoms with Gasteiger partial charge < -0.3 is 20.5 Å². The van der Waals surface area contributed by atoms with Crippen LogP contribution in [0.4, 0.5) is 0 Å². The molecule has 2 rings (SSSR count). The van der Waals surface area contributed by atoms with Gasteiger partial charge in [-0.05, 0) is 25.2 Å². The van der Waals surface area contributed by atoms with Gasteiger partial charge in [-0.3, -0.25) is 0 Å². The molecule has 0 radical (unpaired) electrons. The Kier molecular flexibility index (Phi) is 4.38. The monoisotopic (exact) mass is 214 g/mol. The van der Waals surface area contributed by atoms with E-state index in [1.54, 1.807) is 0 Å². The van der Waals surface area contributed by atoms with E-state index in [-0.39, 0.29) is 0 Å². The maximum Gasteiger partial charge on any atom is 0.0704 e. The van der Waals surface area contributed by atoms with Gasteiger partial charge in [0.25, 0.3) is 0 Å². The number of nitrogens with two attached hydrogens (primary N) is 1. The summed E-state index contributed by atoms with van der Waals surface area (Å²) in [4.78, 5) is 0. The van der Waals surface area contributed by atoms with Gasteiger partial charge in [0.05, 0.1) is 18.8 Å². The Bertz CT molecular complexity index is 183. The molecule has 0 aliphatic carbocycles. The molecule has 3 unspecified atom stereocenters. The highest BCUT2D eigenvalue weighted by atomic mass is 16.5. The smallest absolute Gasteiger partial charge is 0.0704 e. The Morgan fingerprint density at radius 1 is 1.13 bits per heavy atom. The third-order valence-electron chi connectivity index (χ3n) is 3.29. The first-order valence-electron chi connectivity index (χ1n) is 6.02. The molecular formula is C11H22N2O2. The number of ether oxygens (including phenoxy) is 2. The van der Waals surface area contributed by atoms with Gasteiger partial charge in [0.2, 0.25) is 0 Å². The Hall–Kier alpha value is -0.160. The standard InChI is InChI=1S/C11H22N2O2/c12-5-10-1-2-11(15-10)7-13-6-9-3-4-14-8-9/h9-11,13H,1-8,12H2. The molecule has 0 saturated carbocycles. The molecule has 0 spiro atoms. The van der Waals surface area contributed by atoms with Crippen molar-refractivity contribution in [3.63, 3.8) is 0 Å². The highest BCUT2D eigenvalue weighted by Gasteiger charge is 2.24. The van der Waals surface area contributed by atoms with Crippen molar-refractivity contribution < 1.29 is 9.47 Å². The van der Waals surface area contributed by atoms with Gasteiger partial charge in [-0.1, -0.05) is 0 Å². The number of hydrogen-bond acceptors (Lipinski definition) is 4. The zero-order chi connectivity index (χ0) is 10.5. The van der Waals surface area contributed by atoms with E-state index in [1.165, 1.54) is 6.42 Å². The molecule has 2 heterocycles. The maximum absolute atomic E-state index is 5.76. The molecule has 2 aliphatic heterocycles. The van der Waals surface area contributed by atoms with Gasteiger partial charge in [0.1, 0.15) is 0 Å². The number of nitrogens with one attached hydrogen (secondary N) is 1. The molecular weight excluding hydrogens is 192 g/mol. The summed E-state index contributed by atoms with van der Waals surface area (Å²) < 4.78 is 11.1. The SMILES string of the molecule is NCC1CCC(CNCC2CCOC2)O1. The number of rotatable bonds is 5. The van der Waals surface area contributed by atoms with Crippen LogP contribution in [-0.4, -0.2) is 45.1 Å². The lowest BCUT2D eigenvalue weighted by molar-refractivity contribution is 0.0499. The first-order chi connectivity index (χ1) is 7.38. The number of hydrogen-bond donors (Lipinski definition) is 2. The lowest BCUT2D eigenvalue weighted by atomic mass is 10.1. The molecule has 0 bridgehead atoms. The van der Waals surface area contributed by atoms with Gasteiger partial charge in [-0.15, -0.1) is 0 Å². The first kappa shape index (κ1) is 11.3. The van der Waals surface area contributed by atoms with Crippen molar-refractivity contribution in [2.24, 2.45) is 11.7 Å². The molecule has 3 N–H and O–H groups in total.